The van der Waals surface area contributed by atoms with E-state index < -0.39 is 0 Å². The predicted octanol–water partition coefficient (Wildman–Crippen LogP) is 1.71. The Morgan fingerprint density at radius 3 is 2.81 bits per heavy atom. The minimum Gasteiger partial charge on any atom is -0.352 e. The highest BCUT2D eigenvalue weighted by Crippen LogP contribution is 2.54. The second kappa shape index (κ2) is 5.37. The first-order valence-electron chi connectivity index (χ1n) is 6.17. The second-order valence-electron chi connectivity index (χ2n) is 5.32. The largest absolute Gasteiger partial charge is 0.352 e. The molecule has 0 bridgehead atoms. The first-order valence-corrected chi connectivity index (χ1v) is 6.17. The lowest BCUT2D eigenvalue weighted by molar-refractivity contribution is -0.123. The van der Waals surface area contributed by atoms with E-state index in [0.29, 0.717) is 11.5 Å². The summed E-state index contributed by atoms with van der Waals surface area (Å²) < 4.78 is 0. The van der Waals surface area contributed by atoms with Gasteiger partial charge in [-0.05, 0) is 37.6 Å². The van der Waals surface area contributed by atoms with Crippen LogP contribution in [-0.4, -0.2) is 25.0 Å². The lowest BCUT2D eigenvalue weighted by atomic mass is 10.0. The van der Waals surface area contributed by atoms with Crippen LogP contribution in [0, 0.1) is 11.3 Å². The number of carbonyl (C=O) groups excluding carboxylic acids is 1. The molecule has 4 heteroatoms. The fourth-order valence-electron chi connectivity index (χ4n) is 2.48. The Hall–Kier alpha value is -0.280. The highest BCUT2D eigenvalue weighted by atomic mass is 35.5. The first kappa shape index (κ1) is 13.8. The molecule has 3 atom stereocenters. The molecule has 1 saturated heterocycles. The molecule has 1 aliphatic heterocycles. The van der Waals surface area contributed by atoms with Gasteiger partial charge in [0.25, 0.3) is 0 Å². The summed E-state index contributed by atoms with van der Waals surface area (Å²) in [6.45, 7) is 6.44. The van der Waals surface area contributed by atoms with Crippen molar-refractivity contribution in [3.05, 3.63) is 0 Å². The molecule has 0 aromatic rings. The van der Waals surface area contributed by atoms with Crippen molar-refractivity contribution >= 4 is 18.3 Å². The summed E-state index contributed by atoms with van der Waals surface area (Å²) in [5.41, 5.74) is 0.298. The van der Waals surface area contributed by atoms with Gasteiger partial charge in [0.15, 0.2) is 0 Å². The van der Waals surface area contributed by atoms with E-state index in [9.17, 15) is 4.79 Å². The standard InChI is InChI=1S/C12H22N2O.ClH/c1-3-12(2)7-10(12)11(15)14-9-5-4-6-13-8-9;/h9-10,13H,3-8H2,1-2H3,(H,14,15);1H/t9-,10?,12?;/m1./s1. The summed E-state index contributed by atoms with van der Waals surface area (Å²) in [7, 11) is 0. The van der Waals surface area contributed by atoms with Crippen molar-refractivity contribution in [2.45, 2.75) is 45.6 Å². The maximum absolute atomic E-state index is 11.9. The van der Waals surface area contributed by atoms with Crippen molar-refractivity contribution in [3.63, 3.8) is 0 Å². The maximum Gasteiger partial charge on any atom is 0.223 e. The summed E-state index contributed by atoms with van der Waals surface area (Å²) in [6.07, 6.45) is 4.51. The van der Waals surface area contributed by atoms with E-state index in [1.54, 1.807) is 0 Å². The number of halogens is 1. The molecule has 2 N–H and O–H groups in total. The van der Waals surface area contributed by atoms with Crippen LogP contribution in [0.2, 0.25) is 0 Å². The summed E-state index contributed by atoms with van der Waals surface area (Å²) in [5.74, 6) is 0.567. The number of carbonyl (C=O) groups is 1. The normalized spacial score (nSPS) is 37.4. The van der Waals surface area contributed by atoms with Gasteiger partial charge >= 0.3 is 0 Å². The highest BCUT2D eigenvalue weighted by Gasteiger charge is 2.53. The van der Waals surface area contributed by atoms with Gasteiger partial charge in [-0.3, -0.25) is 4.79 Å². The number of piperidine rings is 1. The zero-order chi connectivity index (χ0) is 10.9. The molecule has 16 heavy (non-hydrogen) atoms. The minimum atomic E-state index is 0. The topological polar surface area (TPSA) is 41.1 Å². The molecule has 2 fully saturated rings. The fraction of sp³-hybridized carbons (Fsp3) is 0.917. The smallest absolute Gasteiger partial charge is 0.223 e. The van der Waals surface area contributed by atoms with Gasteiger partial charge in [0, 0.05) is 18.5 Å². The zero-order valence-electron chi connectivity index (χ0n) is 10.2. The molecule has 3 nitrogen and oxygen atoms in total. The molecule has 1 amide bonds. The third kappa shape index (κ3) is 2.89. The van der Waals surface area contributed by atoms with E-state index in [1.807, 2.05) is 0 Å². The third-order valence-corrected chi connectivity index (χ3v) is 4.12. The lowest BCUT2D eigenvalue weighted by Crippen LogP contribution is -2.46. The van der Waals surface area contributed by atoms with Crippen molar-refractivity contribution in [3.8, 4) is 0 Å². The van der Waals surface area contributed by atoms with Crippen molar-refractivity contribution in [2.75, 3.05) is 13.1 Å². The predicted molar refractivity (Wildman–Crippen MR) is 67.8 cm³/mol. The molecule has 2 unspecified atom stereocenters. The lowest BCUT2D eigenvalue weighted by Gasteiger charge is -2.24. The van der Waals surface area contributed by atoms with Crippen LogP contribution in [-0.2, 0) is 4.79 Å². The molecule has 1 aliphatic carbocycles. The van der Waals surface area contributed by atoms with Crippen molar-refractivity contribution in [1.29, 1.82) is 0 Å². The number of hydrogen-bond donors (Lipinski definition) is 2. The van der Waals surface area contributed by atoms with E-state index in [2.05, 4.69) is 24.5 Å². The van der Waals surface area contributed by atoms with Gasteiger partial charge in [0.1, 0.15) is 0 Å². The van der Waals surface area contributed by atoms with Crippen LogP contribution in [0.15, 0.2) is 0 Å². The molecule has 94 valence electrons. The molecule has 2 rings (SSSR count). The highest BCUT2D eigenvalue weighted by molar-refractivity contribution is 5.85. The van der Waals surface area contributed by atoms with Crippen LogP contribution in [0.3, 0.4) is 0 Å². The Labute approximate surface area is 104 Å². The quantitative estimate of drug-likeness (QED) is 0.796. The Kier molecular flexibility index (Phi) is 4.62. The van der Waals surface area contributed by atoms with E-state index >= 15 is 0 Å². The first-order chi connectivity index (χ1) is 7.15. The molecule has 0 aromatic heterocycles. The van der Waals surface area contributed by atoms with Crippen LogP contribution in [0.1, 0.15) is 39.5 Å². The van der Waals surface area contributed by atoms with Gasteiger partial charge < -0.3 is 10.6 Å². The van der Waals surface area contributed by atoms with Gasteiger partial charge in [0.05, 0.1) is 0 Å². The average Bonchev–Trinajstić information content (AvgIpc) is 2.93. The number of hydrogen-bond acceptors (Lipinski definition) is 2. The maximum atomic E-state index is 11.9. The minimum absolute atomic E-state index is 0. The molecule has 0 radical (unpaired) electrons. The van der Waals surface area contributed by atoms with Gasteiger partial charge in [0.2, 0.25) is 5.91 Å². The van der Waals surface area contributed by atoms with E-state index in [1.165, 1.54) is 6.42 Å². The second-order valence-corrected chi connectivity index (χ2v) is 5.32. The molecule has 0 spiro atoms. The summed E-state index contributed by atoms with van der Waals surface area (Å²) in [4.78, 5) is 11.9. The molecule has 2 aliphatic rings. The number of amides is 1. The third-order valence-electron chi connectivity index (χ3n) is 4.12. The van der Waals surface area contributed by atoms with Crippen molar-refractivity contribution in [1.82, 2.24) is 10.6 Å². The fourth-order valence-corrected chi connectivity index (χ4v) is 2.48. The zero-order valence-corrected chi connectivity index (χ0v) is 11.0. The molecule has 1 heterocycles. The Balaban J connectivity index is 0.00000128. The van der Waals surface area contributed by atoms with Crippen LogP contribution in [0.4, 0.5) is 0 Å². The number of nitrogens with one attached hydrogen (secondary N) is 2. The van der Waals surface area contributed by atoms with E-state index in [0.717, 1.165) is 32.4 Å². The Bertz CT molecular complexity index is 253. The van der Waals surface area contributed by atoms with Crippen LogP contribution >= 0.6 is 12.4 Å². The summed E-state index contributed by atoms with van der Waals surface area (Å²) >= 11 is 0. The SMILES string of the molecule is CCC1(C)CC1C(=O)N[C@@H]1CCCNC1.Cl. The Morgan fingerprint density at radius 2 is 2.31 bits per heavy atom. The van der Waals surface area contributed by atoms with Crippen molar-refractivity contribution < 1.29 is 4.79 Å². The van der Waals surface area contributed by atoms with Gasteiger partial charge in [-0.2, -0.15) is 0 Å². The monoisotopic (exact) mass is 246 g/mol. The molecule has 0 aromatic carbocycles. The van der Waals surface area contributed by atoms with Crippen molar-refractivity contribution in [2.24, 2.45) is 11.3 Å². The van der Waals surface area contributed by atoms with E-state index in [-0.39, 0.29) is 24.2 Å². The molecular formula is C12H23ClN2O. The van der Waals surface area contributed by atoms with Crippen LogP contribution < -0.4 is 10.6 Å². The molecule has 1 saturated carbocycles. The van der Waals surface area contributed by atoms with Gasteiger partial charge in [-0.15, -0.1) is 12.4 Å². The average molecular weight is 247 g/mol. The summed E-state index contributed by atoms with van der Waals surface area (Å²) in [6, 6.07) is 0.368. The van der Waals surface area contributed by atoms with Gasteiger partial charge in [-0.1, -0.05) is 13.8 Å². The Morgan fingerprint density at radius 1 is 1.56 bits per heavy atom. The molecular weight excluding hydrogens is 224 g/mol. The van der Waals surface area contributed by atoms with Crippen LogP contribution in [0.5, 0.6) is 0 Å². The van der Waals surface area contributed by atoms with Crippen LogP contribution in [0.25, 0.3) is 0 Å². The summed E-state index contributed by atoms with van der Waals surface area (Å²) in [5, 5.41) is 6.49. The van der Waals surface area contributed by atoms with Gasteiger partial charge in [-0.25, -0.2) is 0 Å². The van der Waals surface area contributed by atoms with E-state index in [4.69, 9.17) is 0 Å². The number of rotatable bonds is 3.